The van der Waals surface area contributed by atoms with Crippen molar-refractivity contribution >= 4 is 0 Å². The lowest BCUT2D eigenvalue weighted by atomic mass is 9.85. The van der Waals surface area contributed by atoms with Gasteiger partial charge in [-0.15, -0.1) is 0 Å². The maximum absolute atomic E-state index is 10.7. The van der Waals surface area contributed by atoms with Gasteiger partial charge in [-0.2, -0.15) is 0 Å². The maximum atomic E-state index is 10.7. The fourth-order valence-corrected chi connectivity index (χ4v) is 2.74. The minimum Gasteiger partial charge on any atom is -0.385 e. The van der Waals surface area contributed by atoms with Crippen LogP contribution >= 0.6 is 0 Å². The third-order valence-electron chi connectivity index (χ3n) is 3.80. The Morgan fingerprint density at radius 2 is 2.19 bits per heavy atom. The highest BCUT2D eigenvalue weighted by atomic mass is 16.3. The Balaban J connectivity index is 2.31. The van der Waals surface area contributed by atoms with E-state index in [2.05, 4.69) is 13.8 Å². The van der Waals surface area contributed by atoms with Crippen molar-refractivity contribution < 1.29 is 5.11 Å². The van der Waals surface area contributed by atoms with Crippen LogP contribution < -0.4 is 5.73 Å². The minimum atomic E-state index is -0.703. The normalized spacial score (nSPS) is 30.1. The lowest BCUT2D eigenvalue weighted by Crippen LogP contribution is -2.26. The van der Waals surface area contributed by atoms with Gasteiger partial charge in [0, 0.05) is 6.04 Å². The van der Waals surface area contributed by atoms with E-state index in [9.17, 15) is 5.11 Å². The predicted octanol–water partition coefficient (Wildman–Crippen LogP) is 2.71. The van der Waals surface area contributed by atoms with Crippen LogP contribution in [0.2, 0.25) is 0 Å². The summed E-state index contributed by atoms with van der Waals surface area (Å²) >= 11 is 0. The molecular formula is C14H21NO. The van der Waals surface area contributed by atoms with Crippen molar-refractivity contribution in [2.24, 2.45) is 11.7 Å². The summed E-state index contributed by atoms with van der Waals surface area (Å²) in [7, 11) is 0. The van der Waals surface area contributed by atoms with Gasteiger partial charge in [0.05, 0.1) is 5.60 Å². The molecule has 0 saturated carbocycles. The number of nitrogens with two attached hydrogens (primary N) is 1. The number of aliphatic hydroxyl groups is 1. The van der Waals surface area contributed by atoms with E-state index in [0.29, 0.717) is 12.3 Å². The third kappa shape index (κ3) is 1.87. The summed E-state index contributed by atoms with van der Waals surface area (Å²) in [6.45, 7) is 4.35. The molecule has 0 spiro atoms. The van der Waals surface area contributed by atoms with E-state index in [1.807, 2.05) is 24.3 Å². The Morgan fingerprint density at radius 1 is 1.50 bits per heavy atom. The van der Waals surface area contributed by atoms with Gasteiger partial charge < -0.3 is 10.8 Å². The van der Waals surface area contributed by atoms with E-state index in [1.165, 1.54) is 0 Å². The average Bonchev–Trinajstić information content (AvgIpc) is 2.52. The molecule has 1 aliphatic rings. The van der Waals surface area contributed by atoms with E-state index in [4.69, 9.17) is 5.73 Å². The van der Waals surface area contributed by atoms with Gasteiger partial charge in [-0.1, -0.05) is 44.5 Å². The lowest BCUT2D eigenvalue weighted by Gasteiger charge is -2.27. The molecule has 1 aliphatic carbocycles. The molecule has 0 aromatic heterocycles. The SMILES string of the molecule is CCC(C)CC1(O)CC(N)c2ccccc21. The summed E-state index contributed by atoms with van der Waals surface area (Å²) in [5.74, 6) is 0.531. The van der Waals surface area contributed by atoms with Crippen LogP contribution in [-0.2, 0) is 5.60 Å². The molecule has 2 heteroatoms. The number of rotatable bonds is 3. The first-order valence-corrected chi connectivity index (χ1v) is 6.14. The molecule has 0 fully saturated rings. The first-order valence-electron chi connectivity index (χ1n) is 6.14. The molecule has 0 saturated heterocycles. The van der Waals surface area contributed by atoms with Crippen LogP contribution in [0.3, 0.4) is 0 Å². The summed E-state index contributed by atoms with van der Waals surface area (Å²) in [4.78, 5) is 0. The van der Waals surface area contributed by atoms with Gasteiger partial charge in [0.15, 0.2) is 0 Å². The molecule has 3 N–H and O–H groups in total. The molecule has 0 aliphatic heterocycles. The molecule has 3 atom stereocenters. The van der Waals surface area contributed by atoms with E-state index >= 15 is 0 Å². The fourth-order valence-electron chi connectivity index (χ4n) is 2.74. The van der Waals surface area contributed by atoms with E-state index in [-0.39, 0.29) is 6.04 Å². The lowest BCUT2D eigenvalue weighted by molar-refractivity contribution is 0.0102. The number of hydrogen-bond acceptors (Lipinski definition) is 2. The highest BCUT2D eigenvalue weighted by molar-refractivity contribution is 5.39. The molecule has 0 heterocycles. The number of fused-ring (bicyclic) bond motifs is 1. The van der Waals surface area contributed by atoms with Gasteiger partial charge in [0.1, 0.15) is 0 Å². The van der Waals surface area contributed by atoms with Gasteiger partial charge >= 0.3 is 0 Å². The number of hydrogen-bond donors (Lipinski definition) is 2. The third-order valence-corrected chi connectivity index (χ3v) is 3.80. The van der Waals surface area contributed by atoms with Crippen LogP contribution in [0.25, 0.3) is 0 Å². The van der Waals surface area contributed by atoms with Crippen LogP contribution in [-0.4, -0.2) is 5.11 Å². The van der Waals surface area contributed by atoms with Gasteiger partial charge in [0.2, 0.25) is 0 Å². The second kappa shape index (κ2) is 4.19. The zero-order valence-corrected chi connectivity index (χ0v) is 10.1. The first kappa shape index (κ1) is 11.6. The Kier molecular flexibility index (Phi) is 3.04. The molecule has 0 bridgehead atoms. The monoisotopic (exact) mass is 219 g/mol. The van der Waals surface area contributed by atoms with Crippen molar-refractivity contribution in [2.75, 3.05) is 0 Å². The first-order chi connectivity index (χ1) is 7.57. The molecule has 88 valence electrons. The van der Waals surface area contributed by atoms with Gasteiger partial charge in [-0.25, -0.2) is 0 Å². The Labute approximate surface area is 97.5 Å². The molecule has 0 radical (unpaired) electrons. The molecule has 1 aromatic rings. The molecular weight excluding hydrogens is 198 g/mol. The minimum absolute atomic E-state index is 0.00902. The van der Waals surface area contributed by atoms with Gasteiger partial charge in [-0.3, -0.25) is 0 Å². The Hall–Kier alpha value is -0.860. The van der Waals surface area contributed by atoms with Crippen molar-refractivity contribution in [3.05, 3.63) is 35.4 Å². The Bertz CT molecular complexity index is 377. The molecule has 2 rings (SSSR count). The zero-order chi connectivity index (χ0) is 11.8. The average molecular weight is 219 g/mol. The molecule has 3 unspecified atom stereocenters. The highest BCUT2D eigenvalue weighted by Crippen LogP contribution is 2.45. The summed E-state index contributed by atoms with van der Waals surface area (Å²) in [6, 6.07) is 8.02. The van der Waals surface area contributed by atoms with Crippen LogP contribution in [0, 0.1) is 5.92 Å². The summed E-state index contributed by atoms with van der Waals surface area (Å²) in [5, 5.41) is 10.7. The zero-order valence-electron chi connectivity index (χ0n) is 10.1. The Morgan fingerprint density at radius 3 is 2.88 bits per heavy atom. The molecule has 2 nitrogen and oxygen atoms in total. The van der Waals surface area contributed by atoms with Crippen molar-refractivity contribution in [1.82, 2.24) is 0 Å². The topological polar surface area (TPSA) is 46.2 Å². The highest BCUT2D eigenvalue weighted by Gasteiger charge is 2.41. The van der Waals surface area contributed by atoms with E-state index in [0.717, 1.165) is 24.0 Å². The molecule has 1 aromatic carbocycles. The van der Waals surface area contributed by atoms with Gasteiger partial charge in [-0.05, 0) is 29.9 Å². The van der Waals surface area contributed by atoms with E-state index < -0.39 is 5.60 Å². The van der Waals surface area contributed by atoms with Gasteiger partial charge in [0.25, 0.3) is 0 Å². The van der Waals surface area contributed by atoms with Crippen LogP contribution in [0.1, 0.15) is 50.3 Å². The molecule has 16 heavy (non-hydrogen) atoms. The quantitative estimate of drug-likeness (QED) is 0.821. The van der Waals surface area contributed by atoms with Crippen molar-refractivity contribution in [2.45, 2.75) is 44.8 Å². The fraction of sp³-hybridized carbons (Fsp3) is 0.571. The standard InChI is InChI=1S/C14H21NO/c1-3-10(2)8-14(16)9-13(15)11-6-4-5-7-12(11)14/h4-7,10,13,16H,3,8-9,15H2,1-2H3. The second-order valence-electron chi connectivity index (χ2n) is 5.15. The van der Waals surface area contributed by atoms with Crippen molar-refractivity contribution in [1.29, 1.82) is 0 Å². The molecule has 0 amide bonds. The largest absolute Gasteiger partial charge is 0.385 e. The van der Waals surface area contributed by atoms with Crippen molar-refractivity contribution in [3.63, 3.8) is 0 Å². The van der Waals surface area contributed by atoms with Crippen LogP contribution in [0.5, 0.6) is 0 Å². The summed E-state index contributed by atoms with van der Waals surface area (Å²) in [5.41, 5.74) is 7.54. The predicted molar refractivity (Wildman–Crippen MR) is 66.0 cm³/mol. The van der Waals surface area contributed by atoms with Crippen LogP contribution in [0.4, 0.5) is 0 Å². The second-order valence-corrected chi connectivity index (χ2v) is 5.15. The van der Waals surface area contributed by atoms with Crippen molar-refractivity contribution in [3.8, 4) is 0 Å². The van der Waals surface area contributed by atoms with E-state index in [1.54, 1.807) is 0 Å². The van der Waals surface area contributed by atoms with Crippen LogP contribution in [0.15, 0.2) is 24.3 Å². The summed E-state index contributed by atoms with van der Waals surface area (Å²) < 4.78 is 0. The number of benzene rings is 1. The summed E-state index contributed by atoms with van der Waals surface area (Å²) in [6.07, 6.45) is 2.57. The smallest absolute Gasteiger partial charge is 0.0920 e. The maximum Gasteiger partial charge on any atom is 0.0920 e.